The Labute approximate surface area is 149 Å². The summed E-state index contributed by atoms with van der Waals surface area (Å²) in [6.07, 6.45) is -0.814. The average molecular weight is 359 g/mol. The van der Waals surface area contributed by atoms with Crippen molar-refractivity contribution in [2.75, 3.05) is 12.4 Å². The van der Waals surface area contributed by atoms with Crippen LogP contribution < -0.4 is 10.1 Å². The first kappa shape index (κ1) is 18.3. The first-order valence-corrected chi connectivity index (χ1v) is 7.68. The van der Waals surface area contributed by atoms with Gasteiger partial charge in [-0.15, -0.1) is 0 Å². The molecule has 0 spiro atoms. The summed E-state index contributed by atoms with van der Waals surface area (Å²) >= 11 is 6.05. The molecule has 25 heavy (non-hydrogen) atoms. The molecule has 0 aliphatic rings. The summed E-state index contributed by atoms with van der Waals surface area (Å²) in [4.78, 5) is 23.8. The fraction of sp³-hybridized carbons (Fsp3) is 0.167. The van der Waals surface area contributed by atoms with E-state index in [9.17, 15) is 9.59 Å². The highest BCUT2D eigenvalue weighted by Crippen LogP contribution is 2.24. The molecule has 0 heterocycles. The highest BCUT2D eigenvalue weighted by molar-refractivity contribution is 6.33. The Hall–Kier alpha value is -3.04. The fourth-order valence-electron chi connectivity index (χ4n) is 1.97. The molecule has 0 saturated heterocycles. The molecule has 0 saturated carbocycles. The third-order valence-electron chi connectivity index (χ3n) is 3.31. The Morgan fingerprint density at radius 2 is 1.88 bits per heavy atom. The van der Waals surface area contributed by atoms with Gasteiger partial charge in [0.2, 0.25) is 0 Å². The van der Waals surface area contributed by atoms with E-state index in [4.69, 9.17) is 21.6 Å². The van der Waals surface area contributed by atoms with Gasteiger partial charge in [-0.2, -0.15) is 5.26 Å². The number of carbonyl (C=O) groups is 2. The molecule has 2 aromatic carbocycles. The van der Waals surface area contributed by atoms with Crippen LogP contribution in [0, 0.1) is 11.3 Å². The normalized spacial score (nSPS) is 11.1. The molecule has 1 atom stereocenters. The Morgan fingerprint density at radius 3 is 2.48 bits per heavy atom. The fourth-order valence-corrected chi connectivity index (χ4v) is 2.13. The van der Waals surface area contributed by atoms with Crippen LogP contribution in [0.15, 0.2) is 42.5 Å². The predicted octanol–water partition coefficient (Wildman–Crippen LogP) is 3.40. The van der Waals surface area contributed by atoms with Crippen molar-refractivity contribution in [1.29, 1.82) is 5.26 Å². The first-order chi connectivity index (χ1) is 11.9. The second-order valence-electron chi connectivity index (χ2n) is 5.07. The van der Waals surface area contributed by atoms with E-state index >= 15 is 0 Å². The van der Waals surface area contributed by atoms with Crippen LogP contribution in [0.5, 0.6) is 5.75 Å². The van der Waals surface area contributed by atoms with Crippen LogP contribution in [0.4, 0.5) is 5.69 Å². The third-order valence-corrected chi connectivity index (χ3v) is 3.64. The number of hydrogen-bond acceptors (Lipinski definition) is 5. The molecule has 0 bridgehead atoms. The van der Waals surface area contributed by atoms with E-state index in [-0.39, 0.29) is 16.3 Å². The zero-order valence-corrected chi connectivity index (χ0v) is 14.3. The molecule has 2 rings (SSSR count). The Morgan fingerprint density at radius 1 is 1.20 bits per heavy atom. The smallest absolute Gasteiger partial charge is 0.337 e. The number of rotatable bonds is 5. The van der Waals surface area contributed by atoms with Crippen molar-refractivity contribution in [1.82, 2.24) is 0 Å². The van der Waals surface area contributed by atoms with Gasteiger partial charge in [0.25, 0.3) is 5.91 Å². The lowest BCUT2D eigenvalue weighted by molar-refractivity contribution is -0.122. The minimum absolute atomic E-state index is 0.267. The maximum atomic E-state index is 12.3. The number of ether oxygens (including phenoxy) is 2. The average Bonchev–Trinajstić information content (AvgIpc) is 2.63. The molecule has 0 aliphatic carbocycles. The summed E-state index contributed by atoms with van der Waals surface area (Å²) in [5.41, 5.74) is 1.04. The minimum Gasteiger partial charge on any atom is -0.481 e. The minimum atomic E-state index is -0.814. The summed E-state index contributed by atoms with van der Waals surface area (Å²) in [5.74, 6) is -0.515. The number of hydrogen-bond donors (Lipinski definition) is 1. The highest BCUT2D eigenvalue weighted by Gasteiger charge is 2.17. The molecule has 0 aromatic heterocycles. The van der Waals surface area contributed by atoms with Crippen molar-refractivity contribution in [3.63, 3.8) is 0 Å². The van der Waals surface area contributed by atoms with Crippen molar-refractivity contribution in [2.24, 2.45) is 0 Å². The molecular weight excluding hydrogens is 344 g/mol. The van der Waals surface area contributed by atoms with E-state index in [0.717, 1.165) is 0 Å². The molecule has 128 valence electrons. The van der Waals surface area contributed by atoms with E-state index < -0.39 is 18.0 Å². The van der Waals surface area contributed by atoms with Crippen LogP contribution in [0.2, 0.25) is 5.02 Å². The topological polar surface area (TPSA) is 88.4 Å². The Balaban J connectivity index is 2.07. The van der Waals surface area contributed by atoms with Crippen molar-refractivity contribution in [3.8, 4) is 11.8 Å². The Kier molecular flexibility index (Phi) is 5.98. The number of methoxy groups -OCH3 is 1. The van der Waals surface area contributed by atoms with Crippen molar-refractivity contribution < 1.29 is 19.1 Å². The van der Waals surface area contributed by atoms with Gasteiger partial charge in [0.05, 0.1) is 35.0 Å². The maximum Gasteiger partial charge on any atom is 0.337 e. The number of amides is 1. The van der Waals surface area contributed by atoms with E-state index in [1.807, 2.05) is 6.07 Å². The van der Waals surface area contributed by atoms with E-state index in [2.05, 4.69) is 10.1 Å². The van der Waals surface area contributed by atoms with Crippen LogP contribution in [0.1, 0.15) is 22.8 Å². The number of halogens is 1. The Bertz CT molecular complexity index is 828. The first-order valence-electron chi connectivity index (χ1n) is 7.30. The van der Waals surface area contributed by atoms with Gasteiger partial charge in [-0.1, -0.05) is 11.6 Å². The zero-order chi connectivity index (χ0) is 18.4. The highest BCUT2D eigenvalue weighted by atomic mass is 35.5. The lowest BCUT2D eigenvalue weighted by atomic mass is 10.2. The summed E-state index contributed by atoms with van der Waals surface area (Å²) in [7, 11) is 1.27. The van der Waals surface area contributed by atoms with Gasteiger partial charge in [0.15, 0.2) is 6.10 Å². The number of nitrogens with zero attached hydrogens (tertiary/aromatic N) is 1. The molecule has 0 aliphatic heterocycles. The molecule has 0 radical (unpaired) electrons. The number of nitriles is 1. The molecule has 7 heteroatoms. The van der Waals surface area contributed by atoms with Crippen LogP contribution in [0.25, 0.3) is 0 Å². The standard InChI is InChI=1S/C18H15ClN2O4/c1-11(25-14-6-3-12(10-20)4-7-14)17(22)21-16-9-13(18(23)24-2)5-8-15(16)19/h3-9,11H,1-2H3,(H,21,22). The van der Waals surface area contributed by atoms with E-state index in [1.54, 1.807) is 31.2 Å². The van der Waals surface area contributed by atoms with Crippen LogP contribution >= 0.6 is 11.6 Å². The number of carbonyl (C=O) groups excluding carboxylic acids is 2. The van der Waals surface area contributed by atoms with Crippen molar-refractivity contribution in [2.45, 2.75) is 13.0 Å². The predicted molar refractivity (Wildman–Crippen MR) is 92.7 cm³/mol. The number of esters is 1. The third kappa shape index (κ3) is 4.72. The summed E-state index contributed by atoms with van der Waals surface area (Å²) in [6, 6.07) is 12.8. The summed E-state index contributed by atoms with van der Waals surface area (Å²) in [6.45, 7) is 1.58. The second kappa shape index (κ2) is 8.18. The van der Waals surface area contributed by atoms with Gasteiger partial charge >= 0.3 is 5.97 Å². The SMILES string of the molecule is COC(=O)c1ccc(Cl)c(NC(=O)C(C)Oc2ccc(C#N)cc2)c1. The summed E-state index contributed by atoms with van der Waals surface area (Å²) < 4.78 is 10.2. The lowest BCUT2D eigenvalue weighted by Gasteiger charge is -2.15. The summed E-state index contributed by atoms with van der Waals surface area (Å²) in [5, 5.41) is 11.7. The van der Waals surface area contributed by atoms with Gasteiger partial charge in [0, 0.05) is 0 Å². The van der Waals surface area contributed by atoms with Crippen LogP contribution in [-0.4, -0.2) is 25.1 Å². The van der Waals surface area contributed by atoms with Crippen LogP contribution in [0.3, 0.4) is 0 Å². The molecule has 1 amide bonds. The van der Waals surface area contributed by atoms with Crippen molar-refractivity contribution in [3.05, 3.63) is 58.6 Å². The molecule has 1 unspecified atom stereocenters. The van der Waals surface area contributed by atoms with Gasteiger partial charge in [0.1, 0.15) is 5.75 Å². The molecular formula is C18H15ClN2O4. The van der Waals surface area contributed by atoms with E-state index in [1.165, 1.54) is 25.3 Å². The zero-order valence-electron chi connectivity index (χ0n) is 13.6. The van der Waals surface area contributed by atoms with Gasteiger partial charge < -0.3 is 14.8 Å². The number of nitrogens with one attached hydrogen (secondary N) is 1. The lowest BCUT2D eigenvalue weighted by Crippen LogP contribution is -2.30. The number of benzene rings is 2. The second-order valence-corrected chi connectivity index (χ2v) is 5.48. The monoisotopic (exact) mass is 358 g/mol. The van der Waals surface area contributed by atoms with Gasteiger partial charge in [-0.3, -0.25) is 4.79 Å². The maximum absolute atomic E-state index is 12.3. The molecule has 0 fully saturated rings. The van der Waals surface area contributed by atoms with Crippen LogP contribution in [-0.2, 0) is 9.53 Å². The van der Waals surface area contributed by atoms with Gasteiger partial charge in [-0.25, -0.2) is 4.79 Å². The molecule has 6 nitrogen and oxygen atoms in total. The number of anilines is 1. The van der Waals surface area contributed by atoms with E-state index in [0.29, 0.717) is 11.3 Å². The molecule has 2 aromatic rings. The molecule has 1 N–H and O–H groups in total. The van der Waals surface area contributed by atoms with Gasteiger partial charge in [-0.05, 0) is 49.4 Å². The quantitative estimate of drug-likeness (QED) is 0.827. The van der Waals surface area contributed by atoms with Crippen molar-refractivity contribution >= 4 is 29.2 Å². The largest absolute Gasteiger partial charge is 0.481 e.